The van der Waals surface area contributed by atoms with Gasteiger partial charge in [0.2, 0.25) is 0 Å². The smallest absolute Gasteiger partial charge is 0.337 e. The Morgan fingerprint density at radius 1 is 1.27 bits per heavy atom. The monoisotopic (exact) mass is 477 g/mol. The Hall–Kier alpha value is -2.72. The number of carbonyl (C=O) groups excluding carboxylic acids is 1. The first kappa shape index (κ1) is 23.4. The molecule has 1 aromatic carbocycles. The number of amides is 1. The molecule has 2 aromatic rings. The van der Waals surface area contributed by atoms with Crippen LogP contribution in [-0.2, 0) is 0 Å². The van der Waals surface area contributed by atoms with Gasteiger partial charge in [0.25, 0.3) is 12.3 Å². The molecule has 1 aromatic heterocycles. The first-order valence-electron chi connectivity index (χ1n) is 10.8. The number of aromatic carboxylic acids is 1. The summed E-state index contributed by atoms with van der Waals surface area (Å²) in [6.07, 6.45) is 0.984. The van der Waals surface area contributed by atoms with Crippen molar-refractivity contribution >= 4 is 35.0 Å². The van der Waals surface area contributed by atoms with Crippen LogP contribution >= 0.6 is 11.8 Å². The fourth-order valence-corrected chi connectivity index (χ4v) is 5.95. The largest absolute Gasteiger partial charge is 0.478 e. The highest BCUT2D eigenvalue weighted by Gasteiger charge is 2.42. The van der Waals surface area contributed by atoms with Gasteiger partial charge in [-0.05, 0) is 68.7 Å². The Morgan fingerprint density at radius 3 is 2.64 bits per heavy atom. The minimum Gasteiger partial charge on any atom is -0.478 e. The van der Waals surface area contributed by atoms with Crippen LogP contribution in [0.2, 0.25) is 0 Å². The van der Waals surface area contributed by atoms with E-state index in [1.165, 1.54) is 18.2 Å². The minimum atomic E-state index is -2.82. The second-order valence-electron chi connectivity index (χ2n) is 8.64. The number of halogens is 2. The molecule has 1 fully saturated rings. The maximum absolute atomic E-state index is 12.9. The molecular weight excluding hydrogens is 452 g/mol. The number of pyridine rings is 1. The Morgan fingerprint density at radius 2 is 2.00 bits per heavy atom. The van der Waals surface area contributed by atoms with Crippen molar-refractivity contribution in [1.82, 2.24) is 4.98 Å². The molecule has 2 heterocycles. The zero-order valence-electron chi connectivity index (χ0n) is 18.0. The van der Waals surface area contributed by atoms with E-state index in [4.69, 9.17) is 0 Å². The van der Waals surface area contributed by atoms with Crippen LogP contribution in [0.25, 0.3) is 0 Å². The zero-order chi connectivity index (χ0) is 23.8. The molecule has 4 N–H and O–H groups in total. The lowest BCUT2D eigenvalue weighted by Gasteiger charge is -2.38. The van der Waals surface area contributed by atoms with Crippen molar-refractivity contribution in [3.05, 3.63) is 47.3 Å². The summed E-state index contributed by atoms with van der Waals surface area (Å²) < 4.78 is 25.9. The molecule has 176 valence electrons. The van der Waals surface area contributed by atoms with Gasteiger partial charge < -0.3 is 20.8 Å². The molecule has 1 atom stereocenters. The summed E-state index contributed by atoms with van der Waals surface area (Å²) >= 11 is 1.59. The number of nitrogens with one attached hydrogen (secondary N) is 2. The van der Waals surface area contributed by atoms with Gasteiger partial charge in [-0.2, -0.15) is 0 Å². The third kappa shape index (κ3) is 4.81. The van der Waals surface area contributed by atoms with Crippen LogP contribution < -0.4 is 10.6 Å². The standard InChI is InChI=1S/C23H25F2N3O4S/c1-23(13-7-5-12(11-29)6-8-13)28-18-9-14(22(31)32)17(10-19(18)33-23)27-21(30)16-4-2-3-15(26-16)20(24)25/h2-4,9-10,12-13,20,28-29H,5-8,11H2,1H3,(H,27,30)(H,31,32). The highest BCUT2D eigenvalue weighted by atomic mass is 32.2. The molecule has 10 heteroatoms. The number of aliphatic hydroxyl groups is 1. The van der Waals surface area contributed by atoms with Crippen LogP contribution in [0.3, 0.4) is 0 Å². The van der Waals surface area contributed by atoms with Crippen molar-refractivity contribution in [3.63, 3.8) is 0 Å². The molecule has 1 aliphatic heterocycles. The van der Waals surface area contributed by atoms with Crippen molar-refractivity contribution in [2.24, 2.45) is 11.8 Å². The lowest BCUT2D eigenvalue weighted by molar-refractivity contribution is 0.0698. The number of fused-ring (bicyclic) bond motifs is 1. The Labute approximate surface area is 194 Å². The third-order valence-corrected chi connectivity index (χ3v) is 7.83. The van der Waals surface area contributed by atoms with Gasteiger partial charge in [0, 0.05) is 17.2 Å². The van der Waals surface area contributed by atoms with Crippen LogP contribution in [0.1, 0.15) is 65.6 Å². The fourth-order valence-electron chi connectivity index (χ4n) is 4.53. The number of benzene rings is 1. The van der Waals surface area contributed by atoms with Gasteiger partial charge in [0.1, 0.15) is 11.4 Å². The van der Waals surface area contributed by atoms with E-state index >= 15 is 0 Å². The molecule has 7 nitrogen and oxygen atoms in total. The predicted octanol–water partition coefficient (Wildman–Crippen LogP) is 5.00. The Kier molecular flexibility index (Phi) is 6.58. The van der Waals surface area contributed by atoms with Crippen molar-refractivity contribution in [2.45, 2.75) is 48.8 Å². The number of rotatable bonds is 6. The van der Waals surface area contributed by atoms with Crippen LogP contribution in [0, 0.1) is 11.8 Å². The molecule has 1 unspecified atom stereocenters. The molecule has 1 amide bonds. The van der Waals surface area contributed by atoms with E-state index < -0.39 is 24.0 Å². The van der Waals surface area contributed by atoms with E-state index in [1.54, 1.807) is 17.8 Å². The first-order chi connectivity index (χ1) is 15.7. The molecule has 0 spiro atoms. The topological polar surface area (TPSA) is 112 Å². The van der Waals surface area contributed by atoms with E-state index in [2.05, 4.69) is 22.5 Å². The number of aliphatic hydroxyl groups excluding tert-OH is 1. The van der Waals surface area contributed by atoms with Gasteiger partial charge in [-0.1, -0.05) is 17.8 Å². The number of anilines is 2. The summed E-state index contributed by atoms with van der Waals surface area (Å²) in [7, 11) is 0. The molecule has 0 radical (unpaired) electrons. The summed E-state index contributed by atoms with van der Waals surface area (Å²) in [6.45, 7) is 2.28. The maximum Gasteiger partial charge on any atom is 0.337 e. The average Bonchev–Trinajstić information content (AvgIpc) is 3.14. The van der Waals surface area contributed by atoms with Gasteiger partial charge in [0.15, 0.2) is 0 Å². The summed E-state index contributed by atoms with van der Waals surface area (Å²) in [6, 6.07) is 6.83. The average molecular weight is 478 g/mol. The molecule has 0 bridgehead atoms. The van der Waals surface area contributed by atoms with Gasteiger partial charge >= 0.3 is 5.97 Å². The Bertz CT molecular complexity index is 1080. The zero-order valence-corrected chi connectivity index (χ0v) is 18.8. The van der Waals surface area contributed by atoms with Crippen LogP contribution in [0.4, 0.5) is 20.2 Å². The van der Waals surface area contributed by atoms with Crippen molar-refractivity contribution in [1.29, 1.82) is 0 Å². The second kappa shape index (κ2) is 9.26. The SMILES string of the molecule is CC1(C2CCC(CO)CC2)Nc2cc(C(=O)O)c(NC(=O)c3cccc(C(F)F)n3)cc2S1. The third-order valence-electron chi connectivity index (χ3n) is 6.41. The number of aromatic nitrogens is 1. The molecule has 1 saturated carbocycles. The van der Waals surface area contributed by atoms with Crippen LogP contribution in [0.15, 0.2) is 35.2 Å². The summed E-state index contributed by atoms with van der Waals surface area (Å²) in [5, 5.41) is 25.1. The number of carbonyl (C=O) groups is 2. The maximum atomic E-state index is 12.9. The normalized spacial score (nSPS) is 24.3. The van der Waals surface area contributed by atoms with Crippen molar-refractivity contribution < 1.29 is 28.6 Å². The number of carboxylic acids is 1. The highest BCUT2D eigenvalue weighted by Crippen LogP contribution is 2.53. The molecule has 2 aliphatic rings. The summed E-state index contributed by atoms with van der Waals surface area (Å²) in [5.41, 5.74) is -0.0890. The fraction of sp³-hybridized carbons (Fsp3) is 0.435. The van der Waals surface area contributed by atoms with E-state index in [1.807, 2.05) is 0 Å². The number of nitrogens with zero attached hydrogens (tertiary/aromatic N) is 1. The van der Waals surface area contributed by atoms with Crippen LogP contribution in [0.5, 0.6) is 0 Å². The molecule has 33 heavy (non-hydrogen) atoms. The number of alkyl halides is 2. The molecule has 4 rings (SSSR count). The van der Waals surface area contributed by atoms with E-state index in [9.17, 15) is 28.6 Å². The van der Waals surface area contributed by atoms with Gasteiger partial charge in [0.05, 0.1) is 16.1 Å². The number of carboxylic acid groups (broad SMARTS) is 1. The van der Waals surface area contributed by atoms with Gasteiger partial charge in [-0.25, -0.2) is 18.6 Å². The Balaban J connectivity index is 1.57. The lowest BCUT2D eigenvalue weighted by atomic mass is 9.79. The van der Waals surface area contributed by atoms with Crippen LogP contribution in [-0.4, -0.2) is 38.6 Å². The number of hydrogen-bond donors (Lipinski definition) is 4. The van der Waals surface area contributed by atoms with E-state index in [0.29, 0.717) is 17.5 Å². The highest BCUT2D eigenvalue weighted by molar-refractivity contribution is 8.01. The van der Waals surface area contributed by atoms with E-state index in [-0.39, 0.29) is 28.4 Å². The van der Waals surface area contributed by atoms with Gasteiger partial charge in [-0.15, -0.1) is 0 Å². The lowest BCUT2D eigenvalue weighted by Crippen LogP contribution is -2.39. The van der Waals surface area contributed by atoms with Crippen molar-refractivity contribution in [2.75, 3.05) is 17.2 Å². The predicted molar refractivity (Wildman–Crippen MR) is 121 cm³/mol. The molecule has 0 saturated heterocycles. The molecule has 1 aliphatic carbocycles. The summed E-state index contributed by atoms with van der Waals surface area (Å²) in [4.78, 5) is 28.7. The summed E-state index contributed by atoms with van der Waals surface area (Å²) in [5.74, 6) is -1.31. The molecular formula is C23H25F2N3O4S. The number of hydrogen-bond acceptors (Lipinski definition) is 6. The van der Waals surface area contributed by atoms with E-state index in [0.717, 1.165) is 36.6 Å². The quantitative estimate of drug-likeness (QED) is 0.463. The number of thioether (sulfide) groups is 1. The first-order valence-corrected chi connectivity index (χ1v) is 11.6. The minimum absolute atomic E-state index is 0.0815. The van der Waals surface area contributed by atoms with Gasteiger partial charge in [-0.3, -0.25) is 4.79 Å². The second-order valence-corrected chi connectivity index (χ2v) is 10.1. The van der Waals surface area contributed by atoms with Crippen molar-refractivity contribution in [3.8, 4) is 0 Å².